The standard InChI is InChI=1S/C15H20N6OS/c22-15(17-6-9-23-13-11-18-20-19-13)14(21-7-1-2-8-21)12-4-3-5-16-10-12/h3-5,10-11,14H,1-2,6-9H2,(H,17,22)(H,18,19,20). The summed E-state index contributed by atoms with van der Waals surface area (Å²) in [6.07, 6.45) is 7.48. The van der Waals surface area contributed by atoms with Crippen LogP contribution in [0.4, 0.5) is 0 Å². The summed E-state index contributed by atoms with van der Waals surface area (Å²) < 4.78 is 0. The number of thioether (sulfide) groups is 1. The third kappa shape index (κ3) is 4.29. The highest BCUT2D eigenvalue weighted by atomic mass is 32.2. The smallest absolute Gasteiger partial charge is 0.242 e. The van der Waals surface area contributed by atoms with Crippen molar-refractivity contribution in [2.24, 2.45) is 0 Å². The number of nitrogens with one attached hydrogen (secondary N) is 2. The van der Waals surface area contributed by atoms with Crippen LogP contribution in [0, 0.1) is 0 Å². The Kier molecular flexibility index (Phi) is 5.60. The Balaban J connectivity index is 1.56. The minimum absolute atomic E-state index is 0.0423. The predicted molar refractivity (Wildman–Crippen MR) is 87.9 cm³/mol. The third-order valence-corrected chi connectivity index (χ3v) is 4.70. The van der Waals surface area contributed by atoms with Gasteiger partial charge in [-0.1, -0.05) is 6.07 Å². The van der Waals surface area contributed by atoms with Crippen LogP contribution < -0.4 is 5.32 Å². The van der Waals surface area contributed by atoms with E-state index in [0.29, 0.717) is 6.54 Å². The summed E-state index contributed by atoms with van der Waals surface area (Å²) in [4.78, 5) is 19.1. The quantitative estimate of drug-likeness (QED) is 0.586. The summed E-state index contributed by atoms with van der Waals surface area (Å²) >= 11 is 1.56. The molecule has 0 bridgehead atoms. The number of pyridine rings is 1. The Morgan fingerprint density at radius 2 is 2.26 bits per heavy atom. The predicted octanol–water partition coefficient (Wildman–Crippen LogP) is 1.25. The molecule has 0 spiro atoms. The van der Waals surface area contributed by atoms with Crippen LogP contribution in [-0.4, -0.2) is 56.6 Å². The molecule has 1 amide bonds. The lowest BCUT2D eigenvalue weighted by molar-refractivity contribution is -0.126. The van der Waals surface area contributed by atoms with Gasteiger partial charge >= 0.3 is 0 Å². The maximum Gasteiger partial charge on any atom is 0.242 e. The van der Waals surface area contributed by atoms with Crippen LogP contribution in [0.1, 0.15) is 24.4 Å². The summed E-state index contributed by atoms with van der Waals surface area (Å²) in [6, 6.07) is 3.61. The van der Waals surface area contributed by atoms with Gasteiger partial charge in [-0.3, -0.25) is 14.7 Å². The van der Waals surface area contributed by atoms with E-state index < -0.39 is 0 Å². The zero-order valence-electron chi connectivity index (χ0n) is 12.8. The molecule has 2 aromatic heterocycles. The molecule has 1 aliphatic heterocycles. The first-order valence-electron chi connectivity index (χ1n) is 7.75. The van der Waals surface area contributed by atoms with Crippen LogP contribution in [0.25, 0.3) is 0 Å². The number of carbonyl (C=O) groups is 1. The van der Waals surface area contributed by atoms with Crippen molar-refractivity contribution in [3.8, 4) is 0 Å². The number of hydrogen-bond donors (Lipinski definition) is 2. The molecule has 1 saturated heterocycles. The van der Waals surface area contributed by atoms with Crippen molar-refractivity contribution in [1.82, 2.24) is 30.6 Å². The van der Waals surface area contributed by atoms with E-state index >= 15 is 0 Å². The molecule has 1 fully saturated rings. The third-order valence-electron chi connectivity index (χ3n) is 3.80. The number of rotatable bonds is 7. The first-order valence-corrected chi connectivity index (χ1v) is 8.73. The molecule has 1 aliphatic rings. The Labute approximate surface area is 139 Å². The van der Waals surface area contributed by atoms with Crippen LogP contribution in [0.15, 0.2) is 35.7 Å². The van der Waals surface area contributed by atoms with Crippen molar-refractivity contribution < 1.29 is 4.79 Å². The molecule has 3 rings (SSSR count). The van der Waals surface area contributed by atoms with Gasteiger partial charge < -0.3 is 5.32 Å². The van der Waals surface area contributed by atoms with Gasteiger partial charge in [0.15, 0.2) is 0 Å². The Morgan fingerprint density at radius 3 is 2.96 bits per heavy atom. The number of likely N-dealkylation sites (tertiary alicyclic amines) is 1. The van der Waals surface area contributed by atoms with Crippen molar-refractivity contribution in [2.75, 3.05) is 25.4 Å². The molecule has 0 saturated carbocycles. The largest absolute Gasteiger partial charge is 0.354 e. The summed E-state index contributed by atoms with van der Waals surface area (Å²) in [5.41, 5.74) is 0.955. The average Bonchev–Trinajstić information content (AvgIpc) is 3.27. The van der Waals surface area contributed by atoms with E-state index in [1.54, 1.807) is 30.4 Å². The zero-order valence-corrected chi connectivity index (χ0v) is 13.6. The fourth-order valence-corrected chi connectivity index (χ4v) is 3.40. The van der Waals surface area contributed by atoms with Crippen molar-refractivity contribution in [1.29, 1.82) is 0 Å². The molecule has 1 atom stereocenters. The highest BCUT2D eigenvalue weighted by molar-refractivity contribution is 7.99. The van der Waals surface area contributed by atoms with Crippen LogP contribution in [0.5, 0.6) is 0 Å². The lowest BCUT2D eigenvalue weighted by Crippen LogP contribution is -2.40. The Morgan fingerprint density at radius 1 is 1.39 bits per heavy atom. The summed E-state index contributed by atoms with van der Waals surface area (Å²) in [5, 5.41) is 14.2. The maximum absolute atomic E-state index is 12.7. The van der Waals surface area contributed by atoms with Crippen LogP contribution in [0.3, 0.4) is 0 Å². The second-order valence-electron chi connectivity index (χ2n) is 5.38. The van der Waals surface area contributed by atoms with E-state index in [4.69, 9.17) is 0 Å². The van der Waals surface area contributed by atoms with Gasteiger partial charge in [-0.05, 0) is 37.6 Å². The highest BCUT2D eigenvalue weighted by Crippen LogP contribution is 2.24. The molecule has 0 radical (unpaired) electrons. The molecular formula is C15H20N6OS. The number of aromatic amines is 1. The van der Waals surface area contributed by atoms with E-state index in [0.717, 1.165) is 42.3 Å². The van der Waals surface area contributed by atoms with Crippen molar-refractivity contribution in [3.63, 3.8) is 0 Å². The first kappa shape index (κ1) is 15.9. The molecule has 122 valence electrons. The monoisotopic (exact) mass is 332 g/mol. The number of amides is 1. The van der Waals surface area contributed by atoms with Gasteiger partial charge in [0.25, 0.3) is 0 Å². The Bertz CT molecular complexity index is 600. The van der Waals surface area contributed by atoms with Gasteiger partial charge in [-0.15, -0.1) is 16.9 Å². The molecule has 0 aromatic carbocycles. The molecule has 0 aliphatic carbocycles. The number of nitrogens with zero attached hydrogens (tertiary/aromatic N) is 4. The molecule has 2 aromatic rings. The molecule has 8 heteroatoms. The summed E-state index contributed by atoms with van der Waals surface area (Å²) in [7, 11) is 0. The molecule has 3 heterocycles. The fraction of sp³-hybridized carbons (Fsp3) is 0.467. The highest BCUT2D eigenvalue weighted by Gasteiger charge is 2.29. The lowest BCUT2D eigenvalue weighted by atomic mass is 10.1. The second-order valence-corrected chi connectivity index (χ2v) is 6.49. The first-order chi connectivity index (χ1) is 11.3. The minimum Gasteiger partial charge on any atom is -0.354 e. The van der Waals surface area contributed by atoms with Crippen LogP contribution in [-0.2, 0) is 4.79 Å². The molecule has 2 N–H and O–H groups in total. The second kappa shape index (κ2) is 8.07. The maximum atomic E-state index is 12.7. The summed E-state index contributed by atoms with van der Waals surface area (Å²) in [6.45, 7) is 2.52. The van der Waals surface area contributed by atoms with Crippen LogP contribution in [0.2, 0.25) is 0 Å². The normalized spacial score (nSPS) is 16.3. The number of hydrogen-bond acceptors (Lipinski definition) is 6. The van der Waals surface area contributed by atoms with Gasteiger partial charge in [0, 0.05) is 24.7 Å². The minimum atomic E-state index is -0.247. The zero-order chi connectivity index (χ0) is 15.9. The molecular weight excluding hydrogens is 312 g/mol. The Hall–Kier alpha value is -1.93. The van der Waals surface area contributed by atoms with E-state index in [2.05, 4.69) is 30.6 Å². The lowest BCUT2D eigenvalue weighted by Gasteiger charge is -2.26. The van der Waals surface area contributed by atoms with Gasteiger partial charge in [0.1, 0.15) is 11.1 Å². The fourth-order valence-electron chi connectivity index (χ4n) is 2.75. The number of carbonyl (C=O) groups excluding carboxylic acids is 1. The SMILES string of the molecule is O=C(NCCSc1cn[nH]n1)C(c1cccnc1)N1CCCC1. The van der Waals surface area contributed by atoms with Gasteiger partial charge in [0.2, 0.25) is 5.91 Å². The van der Waals surface area contributed by atoms with E-state index in [1.165, 1.54) is 0 Å². The average molecular weight is 332 g/mol. The van der Waals surface area contributed by atoms with Crippen molar-refractivity contribution in [3.05, 3.63) is 36.3 Å². The van der Waals surface area contributed by atoms with Crippen molar-refractivity contribution >= 4 is 17.7 Å². The topological polar surface area (TPSA) is 86.8 Å². The van der Waals surface area contributed by atoms with E-state index in [-0.39, 0.29) is 11.9 Å². The number of H-pyrrole nitrogens is 1. The van der Waals surface area contributed by atoms with E-state index in [9.17, 15) is 4.79 Å². The van der Waals surface area contributed by atoms with Gasteiger partial charge in [-0.2, -0.15) is 10.3 Å². The van der Waals surface area contributed by atoms with E-state index in [1.807, 2.05) is 12.1 Å². The summed E-state index contributed by atoms with van der Waals surface area (Å²) in [5.74, 6) is 0.804. The van der Waals surface area contributed by atoms with Gasteiger partial charge in [-0.25, -0.2) is 0 Å². The number of aromatic nitrogens is 4. The van der Waals surface area contributed by atoms with Crippen molar-refractivity contribution in [2.45, 2.75) is 23.9 Å². The molecule has 23 heavy (non-hydrogen) atoms. The molecule has 1 unspecified atom stereocenters. The molecule has 7 nitrogen and oxygen atoms in total. The van der Waals surface area contributed by atoms with Gasteiger partial charge in [0.05, 0.1) is 6.20 Å². The van der Waals surface area contributed by atoms with Crippen LogP contribution >= 0.6 is 11.8 Å².